The fourth-order valence-corrected chi connectivity index (χ4v) is 2.18. The SMILES string of the molecule is CCOCCOc1ccc(S(=O)(=O)N(C)C)cc1. The Bertz CT molecular complexity index is 453. The monoisotopic (exact) mass is 273 g/mol. The van der Waals surface area contributed by atoms with Crippen molar-refractivity contribution in [1.82, 2.24) is 4.31 Å². The van der Waals surface area contributed by atoms with E-state index in [0.29, 0.717) is 25.6 Å². The first-order valence-corrected chi connectivity index (χ1v) is 7.15. The summed E-state index contributed by atoms with van der Waals surface area (Å²) in [6, 6.07) is 6.35. The van der Waals surface area contributed by atoms with Crippen LogP contribution in [0.5, 0.6) is 5.75 Å². The Hall–Kier alpha value is -1.11. The summed E-state index contributed by atoms with van der Waals surface area (Å²) < 4.78 is 35.3. The van der Waals surface area contributed by atoms with Gasteiger partial charge in [0.2, 0.25) is 10.0 Å². The van der Waals surface area contributed by atoms with E-state index >= 15 is 0 Å². The van der Waals surface area contributed by atoms with Crippen molar-refractivity contribution in [3.8, 4) is 5.75 Å². The smallest absolute Gasteiger partial charge is 0.242 e. The quantitative estimate of drug-likeness (QED) is 0.704. The van der Waals surface area contributed by atoms with Gasteiger partial charge >= 0.3 is 0 Å². The Balaban J connectivity index is 2.63. The molecule has 0 atom stereocenters. The van der Waals surface area contributed by atoms with Crippen LogP contribution in [-0.2, 0) is 14.8 Å². The van der Waals surface area contributed by atoms with Crippen LogP contribution in [0, 0.1) is 0 Å². The first-order valence-electron chi connectivity index (χ1n) is 5.71. The molecule has 0 aliphatic heterocycles. The van der Waals surface area contributed by atoms with Crippen LogP contribution < -0.4 is 4.74 Å². The lowest BCUT2D eigenvalue weighted by Gasteiger charge is -2.12. The van der Waals surface area contributed by atoms with Gasteiger partial charge in [-0.05, 0) is 31.2 Å². The van der Waals surface area contributed by atoms with Crippen LogP contribution in [0.3, 0.4) is 0 Å². The van der Waals surface area contributed by atoms with Gasteiger partial charge in [0.25, 0.3) is 0 Å². The standard InChI is InChI=1S/C12H19NO4S/c1-4-16-9-10-17-11-5-7-12(8-6-11)18(14,15)13(2)3/h5-8H,4,9-10H2,1-3H3. The van der Waals surface area contributed by atoms with Crippen LogP contribution in [0.25, 0.3) is 0 Å². The fraction of sp³-hybridized carbons (Fsp3) is 0.500. The highest BCUT2D eigenvalue weighted by Gasteiger charge is 2.16. The summed E-state index contributed by atoms with van der Waals surface area (Å²) in [6.45, 7) is 3.55. The van der Waals surface area contributed by atoms with Crippen molar-refractivity contribution < 1.29 is 17.9 Å². The van der Waals surface area contributed by atoms with E-state index in [1.165, 1.54) is 30.5 Å². The van der Waals surface area contributed by atoms with Crippen molar-refractivity contribution in [1.29, 1.82) is 0 Å². The zero-order valence-corrected chi connectivity index (χ0v) is 11.7. The molecule has 0 bridgehead atoms. The summed E-state index contributed by atoms with van der Waals surface area (Å²) >= 11 is 0. The third-order valence-corrected chi connectivity index (χ3v) is 4.13. The third-order valence-electron chi connectivity index (χ3n) is 2.30. The Morgan fingerprint density at radius 3 is 2.22 bits per heavy atom. The highest BCUT2D eigenvalue weighted by Crippen LogP contribution is 2.17. The molecule has 102 valence electrons. The first kappa shape index (κ1) is 14.9. The molecule has 0 amide bonds. The zero-order chi connectivity index (χ0) is 13.6. The van der Waals surface area contributed by atoms with Gasteiger partial charge in [0.1, 0.15) is 12.4 Å². The Labute approximate surface area is 108 Å². The molecule has 0 radical (unpaired) electrons. The number of nitrogens with zero attached hydrogens (tertiary/aromatic N) is 1. The highest BCUT2D eigenvalue weighted by atomic mass is 32.2. The van der Waals surface area contributed by atoms with Gasteiger partial charge in [0.05, 0.1) is 11.5 Å². The predicted molar refractivity (Wildman–Crippen MR) is 69.3 cm³/mol. The highest BCUT2D eigenvalue weighted by molar-refractivity contribution is 7.89. The molecule has 1 aromatic carbocycles. The zero-order valence-electron chi connectivity index (χ0n) is 10.9. The maximum absolute atomic E-state index is 11.8. The second-order valence-electron chi connectivity index (χ2n) is 3.80. The molecular weight excluding hydrogens is 254 g/mol. The van der Waals surface area contributed by atoms with E-state index in [9.17, 15) is 8.42 Å². The van der Waals surface area contributed by atoms with Crippen LogP contribution in [0.4, 0.5) is 0 Å². The molecule has 0 unspecified atom stereocenters. The van der Waals surface area contributed by atoms with Crippen molar-refractivity contribution in [2.24, 2.45) is 0 Å². The molecule has 0 spiro atoms. The van der Waals surface area contributed by atoms with Gasteiger partial charge in [-0.2, -0.15) is 0 Å². The summed E-state index contributed by atoms with van der Waals surface area (Å²) in [5.41, 5.74) is 0. The van der Waals surface area contributed by atoms with Crippen molar-refractivity contribution >= 4 is 10.0 Å². The number of rotatable bonds is 7. The minimum atomic E-state index is -3.37. The molecule has 0 saturated heterocycles. The van der Waals surface area contributed by atoms with E-state index in [0.717, 1.165) is 0 Å². The average Bonchev–Trinajstić information content (AvgIpc) is 2.35. The van der Waals surface area contributed by atoms with Crippen LogP contribution in [0.1, 0.15) is 6.92 Å². The van der Waals surface area contributed by atoms with E-state index in [2.05, 4.69) is 0 Å². The third kappa shape index (κ3) is 3.97. The van der Waals surface area contributed by atoms with E-state index < -0.39 is 10.0 Å². The molecule has 0 N–H and O–H groups in total. The molecule has 1 aromatic rings. The van der Waals surface area contributed by atoms with Gasteiger partial charge in [-0.1, -0.05) is 0 Å². The van der Waals surface area contributed by atoms with Gasteiger partial charge in [-0.25, -0.2) is 12.7 Å². The van der Waals surface area contributed by atoms with Gasteiger partial charge < -0.3 is 9.47 Å². The number of hydrogen-bond acceptors (Lipinski definition) is 4. The molecule has 0 aliphatic rings. The van der Waals surface area contributed by atoms with E-state index in [4.69, 9.17) is 9.47 Å². The molecule has 5 nitrogen and oxygen atoms in total. The predicted octanol–water partition coefficient (Wildman–Crippen LogP) is 1.35. The number of benzene rings is 1. The van der Waals surface area contributed by atoms with Crippen LogP contribution >= 0.6 is 0 Å². The van der Waals surface area contributed by atoms with Crippen molar-refractivity contribution in [2.75, 3.05) is 33.9 Å². The molecule has 0 aliphatic carbocycles. The Morgan fingerprint density at radius 1 is 1.11 bits per heavy atom. The number of sulfonamides is 1. The van der Waals surface area contributed by atoms with Crippen LogP contribution in [-0.4, -0.2) is 46.6 Å². The molecule has 0 aromatic heterocycles. The molecular formula is C12H19NO4S. The summed E-state index contributed by atoms with van der Waals surface area (Å²) in [5, 5.41) is 0. The normalized spacial score (nSPS) is 11.8. The summed E-state index contributed by atoms with van der Waals surface area (Å²) in [4.78, 5) is 0.254. The van der Waals surface area contributed by atoms with E-state index in [-0.39, 0.29) is 4.90 Å². The lowest BCUT2D eigenvalue weighted by molar-refractivity contribution is 0.110. The maximum atomic E-state index is 11.8. The maximum Gasteiger partial charge on any atom is 0.242 e. The number of hydrogen-bond donors (Lipinski definition) is 0. The molecule has 6 heteroatoms. The minimum Gasteiger partial charge on any atom is -0.491 e. The lowest BCUT2D eigenvalue weighted by atomic mass is 10.3. The molecule has 0 heterocycles. The molecule has 0 fully saturated rings. The minimum absolute atomic E-state index is 0.254. The largest absolute Gasteiger partial charge is 0.491 e. The molecule has 18 heavy (non-hydrogen) atoms. The van der Waals surface area contributed by atoms with Crippen LogP contribution in [0.2, 0.25) is 0 Å². The molecule has 0 saturated carbocycles. The van der Waals surface area contributed by atoms with Gasteiger partial charge in [0, 0.05) is 20.7 Å². The van der Waals surface area contributed by atoms with Crippen molar-refractivity contribution in [3.05, 3.63) is 24.3 Å². The summed E-state index contributed by atoms with van der Waals surface area (Å²) in [6.07, 6.45) is 0. The van der Waals surface area contributed by atoms with Crippen molar-refractivity contribution in [3.63, 3.8) is 0 Å². The van der Waals surface area contributed by atoms with Gasteiger partial charge in [0.15, 0.2) is 0 Å². The van der Waals surface area contributed by atoms with Crippen LogP contribution in [0.15, 0.2) is 29.2 Å². The average molecular weight is 273 g/mol. The lowest BCUT2D eigenvalue weighted by Crippen LogP contribution is -2.22. The first-order chi connectivity index (χ1) is 8.48. The summed E-state index contributed by atoms with van der Waals surface area (Å²) in [7, 11) is -0.366. The van der Waals surface area contributed by atoms with Crippen molar-refractivity contribution in [2.45, 2.75) is 11.8 Å². The fourth-order valence-electron chi connectivity index (χ4n) is 1.28. The summed E-state index contributed by atoms with van der Waals surface area (Å²) in [5.74, 6) is 0.632. The Morgan fingerprint density at radius 2 is 1.72 bits per heavy atom. The molecule has 1 rings (SSSR count). The van der Waals surface area contributed by atoms with E-state index in [1.807, 2.05) is 6.92 Å². The number of ether oxygens (including phenoxy) is 2. The second kappa shape index (κ2) is 6.72. The Kier molecular flexibility index (Phi) is 5.58. The second-order valence-corrected chi connectivity index (χ2v) is 5.96. The van der Waals surface area contributed by atoms with Gasteiger partial charge in [-0.3, -0.25) is 0 Å². The van der Waals surface area contributed by atoms with Gasteiger partial charge in [-0.15, -0.1) is 0 Å². The van der Waals surface area contributed by atoms with E-state index in [1.54, 1.807) is 12.1 Å². The topological polar surface area (TPSA) is 55.8 Å².